The van der Waals surface area contributed by atoms with E-state index in [2.05, 4.69) is 24.9 Å². The first-order valence-corrected chi connectivity index (χ1v) is 11.5. The number of imidazole rings is 2. The molecule has 0 aliphatic carbocycles. The molecule has 0 radical (unpaired) electrons. The smallest absolute Gasteiger partial charge is 0.359 e. The minimum absolute atomic E-state index is 0.199. The molecule has 0 fully saturated rings. The van der Waals surface area contributed by atoms with Crippen LogP contribution >= 0.6 is 0 Å². The highest BCUT2D eigenvalue weighted by molar-refractivity contribution is 5.76. The first kappa shape index (κ1) is 24.2. The van der Waals surface area contributed by atoms with Crippen LogP contribution in [0.5, 0.6) is 0 Å². The summed E-state index contributed by atoms with van der Waals surface area (Å²) in [6, 6.07) is 10.5. The molecular formula is C25H23F3N8O. The molecule has 12 heteroatoms. The van der Waals surface area contributed by atoms with Gasteiger partial charge in [0, 0.05) is 38.6 Å². The molecule has 0 saturated heterocycles. The summed E-state index contributed by atoms with van der Waals surface area (Å²) in [6.07, 6.45) is -0.289. The Morgan fingerprint density at radius 2 is 1.84 bits per heavy atom. The van der Waals surface area contributed by atoms with E-state index in [0.717, 1.165) is 29.7 Å². The van der Waals surface area contributed by atoms with Crippen LogP contribution in [0, 0.1) is 0 Å². The number of fused-ring (bicyclic) bond motifs is 1. The van der Waals surface area contributed by atoms with Crippen LogP contribution in [0.15, 0.2) is 59.8 Å². The number of aromatic amines is 1. The van der Waals surface area contributed by atoms with Crippen molar-refractivity contribution >= 4 is 17.0 Å². The van der Waals surface area contributed by atoms with Crippen LogP contribution in [0.3, 0.4) is 0 Å². The normalized spacial score (nSPS) is 11.8. The Morgan fingerprint density at radius 1 is 1.08 bits per heavy atom. The zero-order chi connectivity index (χ0) is 26.3. The minimum Gasteiger partial charge on any atom is -0.359 e. The van der Waals surface area contributed by atoms with Crippen LogP contribution in [-0.2, 0) is 19.8 Å². The van der Waals surface area contributed by atoms with Gasteiger partial charge in [0.05, 0.1) is 18.3 Å². The van der Waals surface area contributed by atoms with Crippen molar-refractivity contribution in [1.29, 1.82) is 0 Å². The molecular weight excluding hydrogens is 485 g/mol. The van der Waals surface area contributed by atoms with Gasteiger partial charge in [-0.3, -0.25) is 4.57 Å². The number of pyridine rings is 1. The van der Waals surface area contributed by atoms with E-state index in [4.69, 9.17) is 0 Å². The third-order valence-corrected chi connectivity index (χ3v) is 6.09. The highest BCUT2D eigenvalue weighted by Gasteiger charge is 2.34. The summed E-state index contributed by atoms with van der Waals surface area (Å²) in [7, 11) is 3.44. The molecule has 0 saturated carbocycles. The summed E-state index contributed by atoms with van der Waals surface area (Å²) in [6.45, 7) is 2.96. The molecule has 4 heterocycles. The zero-order valence-electron chi connectivity index (χ0n) is 20.3. The maximum absolute atomic E-state index is 13.0. The number of nitrogens with one attached hydrogen (secondary N) is 1. The summed E-state index contributed by atoms with van der Waals surface area (Å²) < 4.78 is 41.9. The van der Waals surface area contributed by atoms with E-state index in [-0.39, 0.29) is 18.1 Å². The van der Waals surface area contributed by atoms with Crippen molar-refractivity contribution in [1.82, 2.24) is 34.1 Å². The molecule has 0 unspecified atom stereocenters. The average Bonchev–Trinajstić information content (AvgIpc) is 3.43. The van der Waals surface area contributed by atoms with E-state index in [1.807, 2.05) is 24.9 Å². The van der Waals surface area contributed by atoms with Crippen molar-refractivity contribution in [2.24, 2.45) is 7.05 Å². The Morgan fingerprint density at radius 3 is 2.51 bits per heavy atom. The second kappa shape index (κ2) is 9.19. The quantitative estimate of drug-likeness (QED) is 0.371. The van der Waals surface area contributed by atoms with E-state index in [0.29, 0.717) is 22.6 Å². The van der Waals surface area contributed by atoms with E-state index in [1.165, 1.54) is 16.2 Å². The van der Waals surface area contributed by atoms with Crippen LogP contribution < -0.4 is 10.6 Å². The highest BCUT2D eigenvalue weighted by atomic mass is 19.4. The summed E-state index contributed by atoms with van der Waals surface area (Å²) >= 11 is 0. The number of hydrogen-bond donors (Lipinski definition) is 1. The molecule has 0 aliphatic rings. The number of nitrogens with zero attached hydrogens (tertiary/aromatic N) is 7. The van der Waals surface area contributed by atoms with Crippen molar-refractivity contribution in [3.8, 4) is 22.8 Å². The number of rotatable bonds is 6. The van der Waals surface area contributed by atoms with Crippen LogP contribution in [0.1, 0.15) is 18.2 Å². The van der Waals surface area contributed by atoms with Gasteiger partial charge in [0.1, 0.15) is 17.2 Å². The van der Waals surface area contributed by atoms with Crippen molar-refractivity contribution in [2.75, 3.05) is 18.5 Å². The van der Waals surface area contributed by atoms with Gasteiger partial charge in [0.2, 0.25) is 0 Å². The molecule has 0 amide bonds. The Labute approximate surface area is 209 Å². The number of anilines is 1. The predicted molar refractivity (Wildman–Crippen MR) is 133 cm³/mol. The lowest BCUT2D eigenvalue weighted by molar-refractivity contribution is -0.140. The minimum atomic E-state index is -4.52. The van der Waals surface area contributed by atoms with Gasteiger partial charge in [-0.1, -0.05) is 24.3 Å². The summed E-state index contributed by atoms with van der Waals surface area (Å²) in [5, 5.41) is 0. The monoisotopic (exact) mass is 508 g/mol. The molecule has 0 bridgehead atoms. The van der Waals surface area contributed by atoms with E-state index in [1.54, 1.807) is 42.7 Å². The molecule has 5 rings (SSSR count). The molecule has 1 aromatic carbocycles. The van der Waals surface area contributed by atoms with Crippen LogP contribution in [0.2, 0.25) is 0 Å². The maximum Gasteiger partial charge on any atom is 0.434 e. The SMILES string of the molecule is CCN(C)c1ncccc1-c1ncc2[nH]c(=O)n(Cc3ccc(-c4nc(C(F)(F)F)cn4C)cc3)c2n1. The number of aryl methyl sites for hydroxylation is 1. The molecule has 5 aromatic rings. The van der Waals surface area contributed by atoms with Crippen LogP contribution in [0.25, 0.3) is 33.9 Å². The fraction of sp³-hybridized carbons (Fsp3) is 0.240. The van der Waals surface area contributed by atoms with E-state index < -0.39 is 11.9 Å². The van der Waals surface area contributed by atoms with E-state index >= 15 is 0 Å². The Hall–Kier alpha value is -4.48. The largest absolute Gasteiger partial charge is 0.434 e. The summed E-state index contributed by atoms with van der Waals surface area (Å²) in [4.78, 5) is 34.8. The average molecular weight is 509 g/mol. The lowest BCUT2D eigenvalue weighted by Crippen LogP contribution is -2.19. The van der Waals surface area contributed by atoms with Gasteiger partial charge in [-0.15, -0.1) is 0 Å². The number of benzene rings is 1. The van der Waals surface area contributed by atoms with Crippen LogP contribution in [0.4, 0.5) is 19.0 Å². The lowest BCUT2D eigenvalue weighted by atomic mass is 10.1. The van der Waals surface area contributed by atoms with Crippen LogP contribution in [-0.4, -0.2) is 47.6 Å². The van der Waals surface area contributed by atoms with Gasteiger partial charge in [-0.2, -0.15) is 13.2 Å². The molecule has 0 spiro atoms. The fourth-order valence-electron chi connectivity index (χ4n) is 4.06. The van der Waals surface area contributed by atoms with Gasteiger partial charge in [-0.25, -0.2) is 24.7 Å². The molecule has 0 atom stereocenters. The van der Waals surface area contributed by atoms with Crippen molar-refractivity contribution in [2.45, 2.75) is 19.6 Å². The Kier molecular flexibility index (Phi) is 6.02. The topological polar surface area (TPSA) is 97.5 Å². The number of alkyl halides is 3. The third kappa shape index (κ3) is 4.57. The number of halogens is 3. The van der Waals surface area contributed by atoms with Gasteiger partial charge < -0.3 is 14.5 Å². The standard InChI is InChI=1S/C25H23F3N8O/c1-4-34(2)22-17(6-5-11-29-22)20-30-12-18-23(33-20)36(24(37)31-18)13-15-7-9-16(10-8-15)21-32-19(14-35(21)3)25(26,27)28/h5-12,14H,4,13H2,1-3H3,(H,31,37). The predicted octanol–water partition coefficient (Wildman–Crippen LogP) is 4.11. The lowest BCUT2D eigenvalue weighted by Gasteiger charge is -2.18. The second-order valence-corrected chi connectivity index (χ2v) is 8.59. The maximum atomic E-state index is 13.0. The molecule has 37 heavy (non-hydrogen) atoms. The molecule has 190 valence electrons. The van der Waals surface area contributed by atoms with Crippen molar-refractivity contribution < 1.29 is 13.2 Å². The fourth-order valence-corrected chi connectivity index (χ4v) is 4.06. The molecule has 9 nitrogen and oxygen atoms in total. The van der Waals surface area contributed by atoms with Gasteiger partial charge in [0.25, 0.3) is 0 Å². The van der Waals surface area contributed by atoms with Gasteiger partial charge >= 0.3 is 11.9 Å². The molecule has 0 aliphatic heterocycles. The third-order valence-electron chi connectivity index (χ3n) is 6.09. The number of hydrogen-bond acceptors (Lipinski definition) is 6. The Balaban J connectivity index is 1.48. The van der Waals surface area contributed by atoms with Gasteiger partial charge in [-0.05, 0) is 24.6 Å². The van der Waals surface area contributed by atoms with Crippen molar-refractivity contribution in [3.63, 3.8) is 0 Å². The second-order valence-electron chi connectivity index (χ2n) is 8.59. The Bertz CT molecular complexity index is 1630. The number of H-pyrrole nitrogens is 1. The van der Waals surface area contributed by atoms with Crippen molar-refractivity contribution in [3.05, 3.63) is 76.7 Å². The highest BCUT2D eigenvalue weighted by Crippen LogP contribution is 2.31. The molecule has 4 aromatic heterocycles. The first-order chi connectivity index (χ1) is 17.7. The molecule has 1 N–H and O–H groups in total. The first-order valence-electron chi connectivity index (χ1n) is 11.5. The summed E-state index contributed by atoms with van der Waals surface area (Å²) in [5.41, 5.74) is 1.68. The van der Waals surface area contributed by atoms with E-state index in [9.17, 15) is 18.0 Å². The van der Waals surface area contributed by atoms with Gasteiger partial charge in [0.15, 0.2) is 17.2 Å². The number of aromatic nitrogens is 7. The summed E-state index contributed by atoms with van der Waals surface area (Å²) in [5.74, 6) is 1.37. The zero-order valence-corrected chi connectivity index (χ0v) is 20.3.